The number of aliphatic hydroxyl groups is 1. The van der Waals surface area contributed by atoms with E-state index >= 15 is 0 Å². The molecule has 2 amide bonds. The van der Waals surface area contributed by atoms with Gasteiger partial charge in [0.25, 0.3) is 0 Å². The van der Waals surface area contributed by atoms with Crippen LogP contribution in [-0.4, -0.2) is 77.4 Å². The molecule has 2 rings (SSSR count). The molecule has 1 aliphatic heterocycles. The predicted molar refractivity (Wildman–Crippen MR) is 77.0 cm³/mol. The van der Waals surface area contributed by atoms with Gasteiger partial charge >= 0.3 is 12.0 Å². The highest BCUT2D eigenvalue weighted by Gasteiger charge is 2.34. The van der Waals surface area contributed by atoms with E-state index in [2.05, 4.69) is 10.2 Å². The van der Waals surface area contributed by atoms with E-state index in [1.807, 2.05) is 0 Å². The first-order valence-electron chi connectivity index (χ1n) is 7.73. The Bertz CT molecular complexity index is 377. The maximum absolute atomic E-state index is 12.3. The topological polar surface area (TPSA) is 93.1 Å². The molecule has 0 aromatic carbocycles. The number of amides is 2. The molecule has 1 aliphatic carbocycles. The highest BCUT2D eigenvalue weighted by atomic mass is 16.4. The SMILES string of the molecule is O=C(O)C1CCCC1NC(=O)N1CCCN(CCO)CC1. The third kappa shape index (κ3) is 4.31. The number of aliphatic hydroxyl groups excluding tert-OH is 1. The summed E-state index contributed by atoms with van der Waals surface area (Å²) >= 11 is 0. The van der Waals surface area contributed by atoms with Crippen molar-refractivity contribution in [2.75, 3.05) is 39.3 Å². The van der Waals surface area contributed by atoms with Gasteiger partial charge in [-0.25, -0.2) is 4.79 Å². The molecular weight excluding hydrogens is 274 g/mol. The molecule has 2 fully saturated rings. The minimum absolute atomic E-state index is 0.133. The standard InChI is InChI=1S/C14H25N3O4/c18-10-9-16-5-2-6-17(8-7-16)14(21)15-12-4-1-3-11(12)13(19)20/h11-12,18H,1-10H2,(H,15,21)(H,19,20). The van der Waals surface area contributed by atoms with Gasteiger partial charge in [-0.15, -0.1) is 0 Å². The van der Waals surface area contributed by atoms with Crippen LogP contribution in [0.25, 0.3) is 0 Å². The largest absolute Gasteiger partial charge is 0.481 e. The minimum atomic E-state index is -0.817. The third-order valence-corrected chi connectivity index (χ3v) is 4.43. The van der Waals surface area contributed by atoms with Crippen LogP contribution in [0.5, 0.6) is 0 Å². The van der Waals surface area contributed by atoms with E-state index in [1.165, 1.54) is 0 Å². The van der Waals surface area contributed by atoms with Crippen LogP contribution in [0.4, 0.5) is 4.79 Å². The third-order valence-electron chi connectivity index (χ3n) is 4.43. The van der Waals surface area contributed by atoms with Crippen LogP contribution in [0, 0.1) is 5.92 Å². The van der Waals surface area contributed by atoms with Crippen LogP contribution in [0.1, 0.15) is 25.7 Å². The molecule has 2 unspecified atom stereocenters. The van der Waals surface area contributed by atoms with Crippen molar-refractivity contribution in [2.45, 2.75) is 31.7 Å². The van der Waals surface area contributed by atoms with Crippen molar-refractivity contribution in [3.63, 3.8) is 0 Å². The first-order valence-corrected chi connectivity index (χ1v) is 7.73. The Hall–Kier alpha value is -1.34. The normalized spacial score (nSPS) is 27.4. The Balaban J connectivity index is 1.84. The number of aliphatic carboxylic acids is 1. The maximum atomic E-state index is 12.3. The molecule has 3 N–H and O–H groups in total. The number of carbonyl (C=O) groups excluding carboxylic acids is 1. The van der Waals surface area contributed by atoms with Crippen molar-refractivity contribution in [1.29, 1.82) is 0 Å². The van der Waals surface area contributed by atoms with E-state index in [1.54, 1.807) is 4.90 Å². The summed E-state index contributed by atoms with van der Waals surface area (Å²) in [6.07, 6.45) is 3.12. The summed E-state index contributed by atoms with van der Waals surface area (Å²) in [5.41, 5.74) is 0. The quantitative estimate of drug-likeness (QED) is 0.677. The Morgan fingerprint density at radius 2 is 1.90 bits per heavy atom. The summed E-state index contributed by atoms with van der Waals surface area (Å²) in [6.45, 7) is 3.70. The molecule has 2 aliphatic rings. The Kier molecular flexibility index (Phi) is 5.81. The van der Waals surface area contributed by atoms with Crippen LogP contribution >= 0.6 is 0 Å². The van der Waals surface area contributed by atoms with E-state index in [4.69, 9.17) is 10.2 Å². The fourth-order valence-corrected chi connectivity index (χ4v) is 3.22. The number of rotatable bonds is 4. The zero-order chi connectivity index (χ0) is 15.2. The van der Waals surface area contributed by atoms with Crippen LogP contribution in [0.3, 0.4) is 0 Å². The van der Waals surface area contributed by atoms with Crippen molar-refractivity contribution in [2.24, 2.45) is 5.92 Å². The van der Waals surface area contributed by atoms with Crippen LogP contribution in [0.15, 0.2) is 0 Å². The molecule has 21 heavy (non-hydrogen) atoms. The van der Waals surface area contributed by atoms with Gasteiger partial charge in [0.15, 0.2) is 0 Å². The summed E-state index contributed by atoms with van der Waals surface area (Å²) in [7, 11) is 0. The number of nitrogens with zero attached hydrogens (tertiary/aromatic N) is 2. The Morgan fingerprint density at radius 3 is 2.62 bits per heavy atom. The molecule has 0 spiro atoms. The highest BCUT2D eigenvalue weighted by molar-refractivity contribution is 5.77. The van der Waals surface area contributed by atoms with Crippen molar-refractivity contribution in [3.05, 3.63) is 0 Å². The van der Waals surface area contributed by atoms with Gasteiger partial charge in [0.2, 0.25) is 0 Å². The van der Waals surface area contributed by atoms with Crippen molar-refractivity contribution in [1.82, 2.24) is 15.1 Å². The molecule has 0 bridgehead atoms. The lowest BCUT2D eigenvalue weighted by Crippen LogP contribution is -2.48. The first kappa shape index (κ1) is 16.0. The molecule has 0 aromatic rings. The highest BCUT2D eigenvalue weighted by Crippen LogP contribution is 2.26. The number of β-amino-alcohol motifs (C(OH)–C–C–N with tert-alkyl or cyclic N) is 1. The maximum Gasteiger partial charge on any atom is 0.317 e. The van der Waals surface area contributed by atoms with E-state index < -0.39 is 11.9 Å². The van der Waals surface area contributed by atoms with E-state index in [0.29, 0.717) is 26.1 Å². The lowest BCUT2D eigenvalue weighted by molar-refractivity contribution is -0.142. The summed E-state index contributed by atoms with van der Waals surface area (Å²) in [4.78, 5) is 27.3. The molecule has 1 saturated carbocycles. The zero-order valence-corrected chi connectivity index (χ0v) is 12.3. The monoisotopic (exact) mass is 299 g/mol. The lowest BCUT2D eigenvalue weighted by atomic mass is 10.0. The van der Waals surface area contributed by atoms with Gasteiger partial charge < -0.3 is 20.4 Å². The van der Waals surface area contributed by atoms with Gasteiger partial charge in [0.05, 0.1) is 12.5 Å². The van der Waals surface area contributed by atoms with Gasteiger partial charge in [-0.1, -0.05) is 6.42 Å². The van der Waals surface area contributed by atoms with Gasteiger partial charge in [-0.2, -0.15) is 0 Å². The molecule has 0 radical (unpaired) electrons. The van der Waals surface area contributed by atoms with Crippen LogP contribution < -0.4 is 5.32 Å². The molecule has 7 heteroatoms. The number of urea groups is 1. The van der Waals surface area contributed by atoms with Gasteiger partial charge in [0.1, 0.15) is 0 Å². The molecule has 1 heterocycles. The average Bonchev–Trinajstić information content (AvgIpc) is 2.77. The summed E-state index contributed by atoms with van der Waals surface area (Å²) in [5, 5.41) is 21.0. The van der Waals surface area contributed by atoms with Crippen molar-refractivity contribution in [3.8, 4) is 0 Å². The number of hydrogen-bond donors (Lipinski definition) is 3. The van der Waals surface area contributed by atoms with Gasteiger partial charge in [-0.3, -0.25) is 9.69 Å². The molecule has 120 valence electrons. The number of carboxylic acids is 1. The fourth-order valence-electron chi connectivity index (χ4n) is 3.22. The van der Waals surface area contributed by atoms with Crippen LogP contribution in [-0.2, 0) is 4.79 Å². The van der Waals surface area contributed by atoms with Crippen molar-refractivity contribution < 1.29 is 19.8 Å². The number of carbonyl (C=O) groups is 2. The molecule has 2 atom stereocenters. The number of hydrogen-bond acceptors (Lipinski definition) is 4. The first-order chi connectivity index (χ1) is 10.1. The predicted octanol–water partition coefficient (Wildman–Crippen LogP) is -0.0507. The average molecular weight is 299 g/mol. The molecule has 0 aromatic heterocycles. The second-order valence-electron chi connectivity index (χ2n) is 5.84. The van der Waals surface area contributed by atoms with E-state index in [-0.39, 0.29) is 18.7 Å². The van der Waals surface area contributed by atoms with Crippen molar-refractivity contribution >= 4 is 12.0 Å². The summed E-state index contributed by atoms with van der Waals surface area (Å²) in [5.74, 6) is -1.27. The minimum Gasteiger partial charge on any atom is -0.481 e. The van der Waals surface area contributed by atoms with E-state index in [9.17, 15) is 9.59 Å². The molecule has 1 saturated heterocycles. The second-order valence-corrected chi connectivity index (χ2v) is 5.84. The zero-order valence-electron chi connectivity index (χ0n) is 12.3. The Labute approximate surface area is 124 Å². The second kappa shape index (κ2) is 7.61. The molecule has 7 nitrogen and oxygen atoms in total. The number of nitrogens with one attached hydrogen (secondary N) is 1. The fraction of sp³-hybridized carbons (Fsp3) is 0.857. The number of carboxylic acid groups (broad SMARTS) is 1. The summed E-state index contributed by atoms with van der Waals surface area (Å²) in [6, 6.07) is -0.397. The Morgan fingerprint density at radius 1 is 1.10 bits per heavy atom. The smallest absolute Gasteiger partial charge is 0.317 e. The van der Waals surface area contributed by atoms with E-state index in [0.717, 1.165) is 32.4 Å². The lowest BCUT2D eigenvalue weighted by Gasteiger charge is -2.25. The molecular formula is C14H25N3O4. The van der Waals surface area contributed by atoms with Gasteiger partial charge in [-0.05, 0) is 25.8 Å². The van der Waals surface area contributed by atoms with Gasteiger partial charge in [0, 0.05) is 32.2 Å². The summed E-state index contributed by atoms with van der Waals surface area (Å²) < 4.78 is 0. The van der Waals surface area contributed by atoms with Crippen LogP contribution in [0.2, 0.25) is 0 Å².